The number of carbonyl (C=O) groups excluding carboxylic acids is 2. The number of carbonyl (C=O) groups is 2. The van der Waals surface area contributed by atoms with Gasteiger partial charge < -0.3 is 9.84 Å². The first-order valence-corrected chi connectivity index (χ1v) is 9.60. The van der Waals surface area contributed by atoms with Crippen molar-refractivity contribution < 1.29 is 19.4 Å². The van der Waals surface area contributed by atoms with E-state index in [1.165, 1.54) is 4.90 Å². The van der Waals surface area contributed by atoms with Crippen LogP contribution >= 0.6 is 0 Å². The SMILES string of the molecule is CC(C)(C)OC(=O)N1C(=O)C(CO)C[C@H]1Cc1ccc(-c2ccccc2)cc1. The van der Waals surface area contributed by atoms with Gasteiger partial charge in [-0.15, -0.1) is 0 Å². The maximum Gasteiger partial charge on any atom is 0.417 e. The van der Waals surface area contributed by atoms with Gasteiger partial charge >= 0.3 is 6.09 Å². The highest BCUT2D eigenvalue weighted by atomic mass is 16.6. The van der Waals surface area contributed by atoms with Gasteiger partial charge in [0.25, 0.3) is 0 Å². The van der Waals surface area contributed by atoms with Crippen molar-refractivity contribution in [1.29, 1.82) is 0 Å². The van der Waals surface area contributed by atoms with Crippen LogP contribution in [0.2, 0.25) is 0 Å². The summed E-state index contributed by atoms with van der Waals surface area (Å²) in [7, 11) is 0. The Hall–Kier alpha value is -2.66. The maximum atomic E-state index is 12.6. The molecule has 2 atom stereocenters. The zero-order valence-electron chi connectivity index (χ0n) is 16.6. The second-order valence-corrected chi connectivity index (χ2v) is 8.22. The molecule has 0 saturated carbocycles. The molecule has 0 bridgehead atoms. The summed E-state index contributed by atoms with van der Waals surface area (Å²) in [5.41, 5.74) is 2.60. The van der Waals surface area contributed by atoms with Crippen molar-refractivity contribution in [1.82, 2.24) is 4.90 Å². The molecule has 0 aliphatic carbocycles. The first kappa shape index (κ1) is 20.1. The van der Waals surface area contributed by atoms with Crippen molar-refractivity contribution >= 4 is 12.0 Å². The molecule has 2 amide bonds. The van der Waals surface area contributed by atoms with Crippen LogP contribution in [0.5, 0.6) is 0 Å². The minimum Gasteiger partial charge on any atom is -0.443 e. The summed E-state index contributed by atoms with van der Waals surface area (Å²) in [4.78, 5) is 26.3. The van der Waals surface area contributed by atoms with Crippen molar-refractivity contribution in [2.45, 2.75) is 45.3 Å². The van der Waals surface area contributed by atoms with Crippen LogP contribution in [-0.4, -0.2) is 40.3 Å². The first-order valence-electron chi connectivity index (χ1n) is 9.60. The standard InChI is InChI=1S/C23H27NO4/c1-23(2,3)28-22(27)24-20(14-19(15-25)21(24)26)13-16-9-11-18(12-10-16)17-7-5-4-6-8-17/h4-12,19-20,25H,13-15H2,1-3H3/t19?,20-/m1/s1. The predicted molar refractivity (Wildman–Crippen MR) is 108 cm³/mol. The van der Waals surface area contributed by atoms with Gasteiger partial charge in [-0.3, -0.25) is 4.79 Å². The lowest BCUT2D eigenvalue weighted by Crippen LogP contribution is -2.43. The lowest BCUT2D eigenvalue weighted by molar-refractivity contribution is -0.132. The highest BCUT2D eigenvalue weighted by molar-refractivity contribution is 5.95. The topological polar surface area (TPSA) is 66.8 Å². The Bertz CT molecular complexity index is 824. The van der Waals surface area contributed by atoms with Crippen LogP contribution in [0.3, 0.4) is 0 Å². The molecule has 1 fully saturated rings. The third kappa shape index (κ3) is 4.60. The molecule has 1 saturated heterocycles. The molecule has 1 aliphatic rings. The fourth-order valence-corrected chi connectivity index (χ4v) is 3.52. The van der Waals surface area contributed by atoms with Crippen LogP contribution in [0.25, 0.3) is 11.1 Å². The Labute approximate surface area is 165 Å². The molecule has 0 radical (unpaired) electrons. The molecule has 0 aromatic heterocycles. The summed E-state index contributed by atoms with van der Waals surface area (Å²) < 4.78 is 5.41. The van der Waals surface area contributed by atoms with E-state index < -0.39 is 17.6 Å². The molecule has 28 heavy (non-hydrogen) atoms. The van der Waals surface area contributed by atoms with Gasteiger partial charge in [-0.2, -0.15) is 0 Å². The van der Waals surface area contributed by atoms with Crippen molar-refractivity contribution in [2.75, 3.05) is 6.61 Å². The number of amides is 2. The number of benzene rings is 2. The van der Waals surface area contributed by atoms with E-state index in [1.807, 2.05) is 42.5 Å². The molecular weight excluding hydrogens is 354 g/mol. The van der Waals surface area contributed by atoms with Crippen molar-refractivity contribution in [3.05, 3.63) is 60.2 Å². The van der Waals surface area contributed by atoms with Crippen LogP contribution in [-0.2, 0) is 16.0 Å². The van der Waals surface area contributed by atoms with E-state index in [0.29, 0.717) is 12.8 Å². The van der Waals surface area contributed by atoms with E-state index in [-0.39, 0.29) is 18.6 Å². The van der Waals surface area contributed by atoms with E-state index in [9.17, 15) is 14.7 Å². The maximum absolute atomic E-state index is 12.6. The summed E-state index contributed by atoms with van der Waals surface area (Å²) in [6, 6.07) is 17.9. The smallest absolute Gasteiger partial charge is 0.417 e. The number of nitrogens with zero attached hydrogens (tertiary/aromatic N) is 1. The molecule has 3 rings (SSSR count). The van der Waals surface area contributed by atoms with Crippen molar-refractivity contribution in [3.63, 3.8) is 0 Å². The van der Waals surface area contributed by atoms with Crippen LogP contribution < -0.4 is 0 Å². The van der Waals surface area contributed by atoms with Crippen LogP contribution in [0.4, 0.5) is 4.79 Å². The van der Waals surface area contributed by atoms with E-state index >= 15 is 0 Å². The highest BCUT2D eigenvalue weighted by Crippen LogP contribution is 2.29. The van der Waals surface area contributed by atoms with Gasteiger partial charge in [-0.1, -0.05) is 54.6 Å². The number of aliphatic hydroxyl groups excluding tert-OH is 1. The second kappa shape index (κ2) is 8.15. The number of ether oxygens (including phenoxy) is 1. The molecule has 2 aromatic carbocycles. The molecule has 2 aromatic rings. The number of likely N-dealkylation sites (tertiary alicyclic amines) is 1. The summed E-state index contributed by atoms with van der Waals surface area (Å²) in [6.07, 6.45) is 0.338. The predicted octanol–water partition coefficient (Wildman–Crippen LogP) is 4.04. The van der Waals surface area contributed by atoms with Gasteiger partial charge in [-0.25, -0.2) is 9.69 Å². The summed E-state index contributed by atoms with van der Waals surface area (Å²) in [6.45, 7) is 5.05. The number of rotatable bonds is 4. The molecular formula is C23H27NO4. The average molecular weight is 381 g/mol. The largest absolute Gasteiger partial charge is 0.443 e. The lowest BCUT2D eigenvalue weighted by Gasteiger charge is -2.27. The van der Waals surface area contributed by atoms with Gasteiger partial charge in [0.05, 0.1) is 12.5 Å². The number of hydrogen-bond donors (Lipinski definition) is 1. The zero-order chi connectivity index (χ0) is 20.3. The normalized spacial score (nSPS) is 19.7. The molecule has 5 heteroatoms. The van der Waals surface area contributed by atoms with Crippen LogP contribution in [0.1, 0.15) is 32.8 Å². The zero-order valence-corrected chi connectivity index (χ0v) is 16.6. The third-order valence-corrected chi connectivity index (χ3v) is 4.85. The third-order valence-electron chi connectivity index (χ3n) is 4.85. The summed E-state index contributed by atoms with van der Waals surface area (Å²) in [5, 5.41) is 9.52. The van der Waals surface area contributed by atoms with Crippen LogP contribution in [0.15, 0.2) is 54.6 Å². The Kier molecular flexibility index (Phi) is 5.84. The quantitative estimate of drug-likeness (QED) is 0.868. The fourth-order valence-electron chi connectivity index (χ4n) is 3.52. The van der Waals surface area contributed by atoms with Crippen molar-refractivity contribution in [2.24, 2.45) is 5.92 Å². The Morgan fingerprint density at radius 2 is 1.68 bits per heavy atom. The first-order chi connectivity index (χ1) is 13.3. The molecule has 0 spiro atoms. The molecule has 1 unspecified atom stereocenters. The van der Waals surface area contributed by atoms with E-state index in [4.69, 9.17) is 4.74 Å². The Balaban J connectivity index is 1.77. The van der Waals surface area contributed by atoms with Gasteiger partial charge in [0.1, 0.15) is 5.60 Å². The van der Waals surface area contributed by atoms with Gasteiger partial charge in [0, 0.05) is 6.04 Å². The Morgan fingerprint density at radius 3 is 2.25 bits per heavy atom. The lowest BCUT2D eigenvalue weighted by atomic mass is 9.98. The number of aliphatic hydroxyl groups is 1. The van der Waals surface area contributed by atoms with Crippen molar-refractivity contribution in [3.8, 4) is 11.1 Å². The minimum absolute atomic E-state index is 0.262. The van der Waals surface area contributed by atoms with E-state index in [0.717, 1.165) is 16.7 Å². The molecule has 1 N–H and O–H groups in total. The highest BCUT2D eigenvalue weighted by Gasteiger charge is 2.44. The number of imide groups is 1. The van der Waals surface area contributed by atoms with E-state index in [2.05, 4.69) is 12.1 Å². The molecule has 1 heterocycles. The second-order valence-electron chi connectivity index (χ2n) is 8.22. The molecule has 1 aliphatic heterocycles. The minimum atomic E-state index is -0.684. The average Bonchev–Trinajstić information content (AvgIpc) is 2.97. The van der Waals surface area contributed by atoms with Crippen LogP contribution in [0, 0.1) is 5.92 Å². The summed E-state index contributed by atoms with van der Waals surface area (Å²) >= 11 is 0. The summed E-state index contributed by atoms with van der Waals surface area (Å²) in [5.74, 6) is -0.913. The molecule has 5 nitrogen and oxygen atoms in total. The van der Waals surface area contributed by atoms with Gasteiger partial charge in [0.2, 0.25) is 5.91 Å². The monoisotopic (exact) mass is 381 g/mol. The van der Waals surface area contributed by atoms with E-state index in [1.54, 1.807) is 20.8 Å². The number of hydrogen-bond acceptors (Lipinski definition) is 4. The van der Waals surface area contributed by atoms with Gasteiger partial charge in [0.15, 0.2) is 0 Å². The Morgan fingerprint density at radius 1 is 1.07 bits per heavy atom. The van der Waals surface area contributed by atoms with Gasteiger partial charge in [-0.05, 0) is 50.3 Å². The molecule has 148 valence electrons. The fraction of sp³-hybridized carbons (Fsp3) is 0.391.